The first-order valence-electron chi connectivity index (χ1n) is 6.71. The fourth-order valence-electron chi connectivity index (χ4n) is 2.22. The maximum atomic E-state index is 11.2. The van der Waals surface area contributed by atoms with E-state index in [2.05, 4.69) is 15.3 Å². The van der Waals surface area contributed by atoms with E-state index >= 15 is 0 Å². The second-order valence-corrected chi connectivity index (χ2v) is 4.76. The van der Waals surface area contributed by atoms with Crippen molar-refractivity contribution in [1.29, 1.82) is 0 Å². The van der Waals surface area contributed by atoms with Crippen LogP contribution in [0.4, 0.5) is 5.69 Å². The maximum absolute atomic E-state index is 11.2. The first-order chi connectivity index (χ1) is 11.2. The van der Waals surface area contributed by atoms with Crippen LogP contribution in [0.25, 0.3) is 11.3 Å². The summed E-state index contributed by atoms with van der Waals surface area (Å²) >= 11 is 0. The van der Waals surface area contributed by atoms with Gasteiger partial charge in [0.1, 0.15) is 0 Å². The lowest BCUT2D eigenvalue weighted by molar-refractivity contribution is -0.384. The number of hydrogen-bond donors (Lipinski definition) is 0. The zero-order valence-electron chi connectivity index (χ0n) is 11.9. The summed E-state index contributed by atoms with van der Waals surface area (Å²) in [4.78, 5) is 25.4. The molecule has 0 spiro atoms. The Morgan fingerprint density at radius 3 is 2.43 bits per heavy atom. The monoisotopic (exact) mass is 309 g/mol. The summed E-state index contributed by atoms with van der Waals surface area (Å²) in [5.74, 6) is 0. The van der Waals surface area contributed by atoms with Crippen LogP contribution < -0.4 is 0 Å². The van der Waals surface area contributed by atoms with Gasteiger partial charge in [-0.2, -0.15) is 0 Å². The van der Waals surface area contributed by atoms with Crippen LogP contribution in [0.2, 0.25) is 0 Å². The standard InChI is InChI=1S/C15H11N5O3/c21-10-14-15(12-5-7-16-8-6-12)19(18-17-14)9-11-1-3-13(4-2-11)20(22)23/h1-8,10H,9H2. The van der Waals surface area contributed by atoms with Crippen molar-refractivity contribution in [2.45, 2.75) is 6.54 Å². The van der Waals surface area contributed by atoms with Crippen molar-refractivity contribution < 1.29 is 9.72 Å². The molecule has 0 unspecified atom stereocenters. The number of benzene rings is 1. The van der Waals surface area contributed by atoms with Crippen LogP contribution in [0.3, 0.4) is 0 Å². The molecule has 2 aromatic heterocycles. The SMILES string of the molecule is O=Cc1nnn(Cc2ccc([N+](=O)[O-])cc2)c1-c1ccncc1. The summed E-state index contributed by atoms with van der Waals surface area (Å²) < 4.78 is 1.58. The molecular weight excluding hydrogens is 298 g/mol. The number of aromatic nitrogens is 4. The van der Waals surface area contributed by atoms with Crippen molar-refractivity contribution in [2.75, 3.05) is 0 Å². The lowest BCUT2D eigenvalue weighted by Gasteiger charge is -2.07. The predicted octanol–water partition coefficient (Wildman–Crippen LogP) is 2.11. The smallest absolute Gasteiger partial charge is 0.269 e. The Bertz CT molecular complexity index is 843. The van der Waals surface area contributed by atoms with Crippen LogP contribution in [-0.2, 0) is 6.54 Å². The van der Waals surface area contributed by atoms with Gasteiger partial charge >= 0.3 is 0 Å². The van der Waals surface area contributed by atoms with Gasteiger partial charge < -0.3 is 0 Å². The Labute approximate surface area is 130 Å². The van der Waals surface area contributed by atoms with E-state index in [1.807, 2.05) is 0 Å². The van der Waals surface area contributed by atoms with Gasteiger partial charge in [0.15, 0.2) is 12.0 Å². The predicted molar refractivity (Wildman–Crippen MR) is 80.8 cm³/mol. The quantitative estimate of drug-likeness (QED) is 0.406. The molecule has 0 saturated carbocycles. The van der Waals surface area contributed by atoms with Crippen molar-refractivity contribution in [1.82, 2.24) is 20.0 Å². The number of nitrogens with zero attached hydrogens (tertiary/aromatic N) is 5. The molecule has 0 N–H and O–H groups in total. The van der Waals surface area contributed by atoms with E-state index in [-0.39, 0.29) is 11.4 Å². The number of nitro groups is 1. The first-order valence-corrected chi connectivity index (χ1v) is 6.71. The number of carbonyl (C=O) groups excluding carboxylic acids is 1. The molecule has 23 heavy (non-hydrogen) atoms. The van der Waals surface area contributed by atoms with E-state index in [1.165, 1.54) is 12.1 Å². The highest BCUT2D eigenvalue weighted by Crippen LogP contribution is 2.22. The minimum Gasteiger partial charge on any atom is -0.296 e. The topological polar surface area (TPSA) is 104 Å². The number of non-ortho nitro benzene ring substituents is 1. The van der Waals surface area contributed by atoms with Gasteiger partial charge in [-0.05, 0) is 17.7 Å². The molecule has 3 aromatic rings. The molecular formula is C15H11N5O3. The third-order valence-corrected chi connectivity index (χ3v) is 3.31. The van der Waals surface area contributed by atoms with Gasteiger partial charge in [0.25, 0.3) is 5.69 Å². The molecule has 0 aliphatic carbocycles. The number of hydrogen-bond acceptors (Lipinski definition) is 6. The maximum Gasteiger partial charge on any atom is 0.269 e. The summed E-state index contributed by atoms with van der Waals surface area (Å²) in [6.45, 7) is 0.344. The van der Waals surface area contributed by atoms with Crippen LogP contribution in [0.5, 0.6) is 0 Å². The number of pyridine rings is 1. The summed E-state index contributed by atoms with van der Waals surface area (Å²) in [5.41, 5.74) is 2.43. The molecule has 3 rings (SSSR count). The van der Waals surface area contributed by atoms with Crippen LogP contribution in [0.1, 0.15) is 16.1 Å². The van der Waals surface area contributed by atoms with Crippen LogP contribution in [0.15, 0.2) is 48.8 Å². The second kappa shape index (κ2) is 6.14. The Morgan fingerprint density at radius 1 is 1.13 bits per heavy atom. The molecule has 8 heteroatoms. The largest absolute Gasteiger partial charge is 0.296 e. The average molecular weight is 309 g/mol. The van der Waals surface area contributed by atoms with Crippen molar-refractivity contribution in [3.8, 4) is 11.3 Å². The fraction of sp³-hybridized carbons (Fsp3) is 0.0667. The summed E-state index contributed by atoms with van der Waals surface area (Å²) in [6.07, 6.45) is 3.88. The highest BCUT2D eigenvalue weighted by atomic mass is 16.6. The van der Waals surface area contributed by atoms with Gasteiger partial charge in [-0.15, -0.1) is 5.10 Å². The van der Waals surface area contributed by atoms with Gasteiger partial charge in [0.05, 0.1) is 17.2 Å². The average Bonchev–Trinajstić information content (AvgIpc) is 2.99. The van der Waals surface area contributed by atoms with E-state index in [0.29, 0.717) is 18.5 Å². The van der Waals surface area contributed by atoms with Gasteiger partial charge in [-0.1, -0.05) is 17.3 Å². The molecule has 0 saturated heterocycles. The Hall–Kier alpha value is -3.42. The third-order valence-electron chi connectivity index (χ3n) is 3.31. The normalized spacial score (nSPS) is 10.4. The Morgan fingerprint density at radius 2 is 1.83 bits per heavy atom. The summed E-state index contributed by atoms with van der Waals surface area (Å²) in [6, 6.07) is 9.68. The molecule has 0 atom stereocenters. The second-order valence-electron chi connectivity index (χ2n) is 4.76. The molecule has 1 aromatic carbocycles. The van der Waals surface area contributed by atoms with E-state index in [9.17, 15) is 14.9 Å². The molecule has 2 heterocycles. The molecule has 0 amide bonds. The van der Waals surface area contributed by atoms with Crippen molar-refractivity contribution in [2.24, 2.45) is 0 Å². The molecule has 0 radical (unpaired) electrons. The molecule has 0 aliphatic rings. The van der Waals surface area contributed by atoms with E-state index < -0.39 is 4.92 Å². The van der Waals surface area contributed by atoms with E-state index in [4.69, 9.17) is 0 Å². The van der Waals surface area contributed by atoms with Crippen molar-refractivity contribution in [3.63, 3.8) is 0 Å². The number of aldehydes is 1. The molecule has 114 valence electrons. The van der Waals surface area contributed by atoms with E-state index in [0.717, 1.165) is 11.1 Å². The van der Waals surface area contributed by atoms with Crippen LogP contribution >= 0.6 is 0 Å². The Balaban J connectivity index is 1.96. The highest BCUT2D eigenvalue weighted by molar-refractivity contribution is 5.83. The lowest BCUT2D eigenvalue weighted by Crippen LogP contribution is -2.04. The van der Waals surface area contributed by atoms with Crippen molar-refractivity contribution in [3.05, 3.63) is 70.2 Å². The summed E-state index contributed by atoms with van der Waals surface area (Å²) in [5, 5.41) is 18.6. The number of carbonyl (C=O) groups is 1. The first kappa shape index (κ1) is 14.5. The van der Waals surface area contributed by atoms with Crippen LogP contribution in [0, 0.1) is 10.1 Å². The zero-order valence-corrected chi connectivity index (χ0v) is 11.9. The zero-order chi connectivity index (χ0) is 16.2. The molecule has 0 fully saturated rings. The van der Waals surface area contributed by atoms with E-state index in [1.54, 1.807) is 41.3 Å². The molecule has 0 bridgehead atoms. The number of rotatable bonds is 5. The molecule has 8 nitrogen and oxygen atoms in total. The van der Waals surface area contributed by atoms with Crippen LogP contribution in [-0.4, -0.2) is 31.2 Å². The number of nitro benzene ring substituents is 1. The minimum atomic E-state index is -0.452. The van der Waals surface area contributed by atoms with Gasteiger partial charge in [-0.25, -0.2) is 4.68 Å². The van der Waals surface area contributed by atoms with Gasteiger partial charge in [0, 0.05) is 30.1 Å². The molecule has 0 aliphatic heterocycles. The van der Waals surface area contributed by atoms with Gasteiger partial charge in [-0.3, -0.25) is 19.9 Å². The fourth-order valence-corrected chi connectivity index (χ4v) is 2.22. The Kier molecular flexibility index (Phi) is 3.88. The minimum absolute atomic E-state index is 0.0234. The van der Waals surface area contributed by atoms with Crippen molar-refractivity contribution >= 4 is 12.0 Å². The lowest BCUT2D eigenvalue weighted by atomic mass is 10.1. The van der Waals surface area contributed by atoms with Gasteiger partial charge in [0.2, 0.25) is 0 Å². The third kappa shape index (κ3) is 2.95. The summed E-state index contributed by atoms with van der Waals surface area (Å²) in [7, 11) is 0. The highest BCUT2D eigenvalue weighted by Gasteiger charge is 2.15.